The Bertz CT molecular complexity index is 2000. The fourth-order valence-electron chi connectivity index (χ4n) is 11.3. The lowest BCUT2D eigenvalue weighted by molar-refractivity contribution is -0.309. The number of sulfone groups is 1. The van der Waals surface area contributed by atoms with Gasteiger partial charge in [-0.1, -0.05) is 70.6 Å². The zero-order chi connectivity index (χ0) is 48.6. The third-order valence-corrected chi connectivity index (χ3v) is 17.5. The first-order chi connectivity index (χ1) is 31.8. The zero-order valence-corrected chi connectivity index (χ0v) is 41.7. The molecule has 0 saturated carbocycles. The number of hydrogen-bond acceptors (Lipinski definition) is 16. The lowest BCUT2D eigenvalue weighted by Crippen LogP contribution is -2.58. The topological polar surface area (TPSA) is 204 Å². The van der Waals surface area contributed by atoms with Gasteiger partial charge in [0.2, 0.25) is 0 Å². The first-order valence-corrected chi connectivity index (χ1v) is 26.0. The maximum absolute atomic E-state index is 14.4. The van der Waals surface area contributed by atoms with Crippen LogP contribution in [-0.4, -0.2) is 159 Å². The van der Waals surface area contributed by atoms with Crippen molar-refractivity contribution in [3.63, 3.8) is 0 Å². The average Bonchev–Trinajstić information content (AvgIpc) is 3.62. The van der Waals surface area contributed by atoms with E-state index in [9.17, 15) is 28.5 Å². The molecule has 1 aliphatic carbocycles. The molecule has 2 bridgehead atoms. The summed E-state index contributed by atoms with van der Waals surface area (Å²) in [5.41, 5.74) is 0.0231. The maximum atomic E-state index is 14.4. The molecule has 4 fully saturated rings. The monoisotopic (exact) mass is 964 g/mol. The molecule has 0 amide bonds. The Hall–Kier alpha value is -2.36. The van der Waals surface area contributed by atoms with E-state index < -0.39 is 124 Å². The molecule has 20 atom stereocenters. The minimum Gasteiger partial charge on any atom is -0.462 e. The molecule has 7 aliphatic rings. The van der Waals surface area contributed by atoms with Gasteiger partial charge in [-0.3, -0.25) is 4.79 Å². The molecule has 0 aromatic rings. The van der Waals surface area contributed by atoms with Crippen LogP contribution < -0.4 is 0 Å². The molecular weight excluding hydrogens is 889 g/mol. The van der Waals surface area contributed by atoms with Crippen molar-refractivity contribution in [2.75, 3.05) is 33.2 Å². The molecule has 1 unspecified atom stereocenters. The lowest BCUT2D eigenvalue weighted by atomic mass is 9.71. The summed E-state index contributed by atoms with van der Waals surface area (Å²) in [6, 6.07) is 0. The van der Waals surface area contributed by atoms with Crippen molar-refractivity contribution in [1.82, 2.24) is 0 Å². The highest BCUT2D eigenvalue weighted by Gasteiger charge is 2.60. The summed E-state index contributed by atoms with van der Waals surface area (Å²) in [5, 5.41) is 32.2. The number of fused-ring (bicyclic) bond motifs is 2. The predicted molar refractivity (Wildman–Crippen MR) is 246 cm³/mol. The summed E-state index contributed by atoms with van der Waals surface area (Å²) in [6.07, 6.45) is 7.40. The molecule has 17 heteroatoms. The predicted octanol–water partition coefficient (Wildman–Crippen LogP) is 4.79. The maximum Gasteiger partial charge on any atom is 0.316 e. The van der Waals surface area contributed by atoms with Crippen molar-refractivity contribution in [3.8, 4) is 0 Å². The Morgan fingerprint density at radius 2 is 1.61 bits per heavy atom. The van der Waals surface area contributed by atoms with Gasteiger partial charge in [0.25, 0.3) is 0 Å². The molecule has 0 aromatic carbocycles. The average molecular weight is 965 g/mol. The highest BCUT2D eigenvalue weighted by atomic mass is 32.2. The normalized spacial score (nSPS) is 46.6. The van der Waals surface area contributed by atoms with Gasteiger partial charge < -0.3 is 62.7 Å². The molecular formula is C50H76O16S. The number of allylic oxidation sites excluding steroid dienone is 2. The van der Waals surface area contributed by atoms with Crippen LogP contribution >= 0.6 is 0 Å². The summed E-state index contributed by atoms with van der Waals surface area (Å²) < 4.78 is 90.0. The van der Waals surface area contributed by atoms with Crippen LogP contribution in [-0.2, 0) is 62.0 Å². The molecule has 3 N–H and O–H groups in total. The standard InChI is InChI=1S/C50H76O16S/c1-11-27(2)44-30(5)17-18-49(66-44)25-36-22-35(65-49)16-15-29(4)43(28(3)13-12-14-34-26-59-47-42(52)31(6)21-37(48(53)62-36)50(34,47)54)63-40-23-38(57-9)45(32(7)60-40)64-41-24-39(58-10)46(33(8)61-41)67(55,56)20-19-51/h12-15,17-18,21,27-28,30,32-33,35-47,51-52,54H,11,16,19-20,22-26H2,1-10H3/b13-12+,29-15+,34-14+/t27?,28-,30-,32-,33-,35+,36-,37-,38-,39-,40-,41-,42+,43-,44+,45-,46+,47+,49+,50+/m0/s1. The third-order valence-electron chi connectivity index (χ3n) is 15.3. The van der Waals surface area contributed by atoms with Crippen molar-refractivity contribution in [3.05, 3.63) is 59.3 Å². The van der Waals surface area contributed by atoms with Crippen molar-refractivity contribution in [2.45, 2.75) is 190 Å². The van der Waals surface area contributed by atoms with Crippen molar-refractivity contribution in [2.24, 2.45) is 23.7 Å². The van der Waals surface area contributed by atoms with Crippen LogP contribution in [0.5, 0.6) is 0 Å². The number of aliphatic hydroxyl groups excluding tert-OH is 2. The van der Waals surface area contributed by atoms with E-state index in [0.29, 0.717) is 30.4 Å². The summed E-state index contributed by atoms with van der Waals surface area (Å²) in [6.45, 7) is 15.3. The van der Waals surface area contributed by atoms with Gasteiger partial charge in [0.05, 0.1) is 61.7 Å². The van der Waals surface area contributed by atoms with Crippen LogP contribution in [0.3, 0.4) is 0 Å². The number of carbonyl (C=O) groups excluding carboxylic acids is 1. The first kappa shape index (κ1) is 52.5. The van der Waals surface area contributed by atoms with Gasteiger partial charge in [0.1, 0.15) is 41.2 Å². The van der Waals surface area contributed by atoms with Gasteiger partial charge in [-0.2, -0.15) is 0 Å². The Morgan fingerprint density at radius 1 is 0.910 bits per heavy atom. The molecule has 6 aliphatic heterocycles. The van der Waals surface area contributed by atoms with Crippen LogP contribution in [0.15, 0.2) is 59.3 Å². The van der Waals surface area contributed by atoms with Gasteiger partial charge >= 0.3 is 5.97 Å². The second-order valence-electron chi connectivity index (χ2n) is 20.0. The van der Waals surface area contributed by atoms with E-state index in [-0.39, 0.29) is 43.3 Å². The lowest BCUT2D eigenvalue weighted by Gasteiger charge is -2.48. The highest BCUT2D eigenvalue weighted by molar-refractivity contribution is 7.92. The number of esters is 1. The third kappa shape index (κ3) is 10.9. The summed E-state index contributed by atoms with van der Waals surface area (Å²) in [4.78, 5) is 14.4. The van der Waals surface area contributed by atoms with Crippen LogP contribution in [0.25, 0.3) is 0 Å². The Morgan fingerprint density at radius 3 is 2.31 bits per heavy atom. The number of hydrogen-bond donors (Lipinski definition) is 3. The number of rotatable bonds is 11. The minimum absolute atomic E-state index is 0.00670. The van der Waals surface area contributed by atoms with Crippen molar-refractivity contribution >= 4 is 15.8 Å². The van der Waals surface area contributed by atoms with Crippen LogP contribution in [0.2, 0.25) is 0 Å². The fraction of sp³-hybridized carbons (Fsp3) is 0.780. The molecule has 378 valence electrons. The summed E-state index contributed by atoms with van der Waals surface area (Å²) in [5.74, 6) is -3.11. The fourth-order valence-corrected chi connectivity index (χ4v) is 13.2. The van der Waals surface area contributed by atoms with Crippen LogP contribution in [0.1, 0.15) is 93.9 Å². The smallest absolute Gasteiger partial charge is 0.316 e. The quantitative estimate of drug-likeness (QED) is 0.188. The van der Waals surface area contributed by atoms with Gasteiger partial charge in [-0.25, -0.2) is 8.42 Å². The molecule has 0 radical (unpaired) electrons. The Balaban J connectivity index is 1.16. The molecule has 4 saturated heterocycles. The van der Waals surface area contributed by atoms with Crippen LogP contribution in [0, 0.1) is 23.7 Å². The van der Waals surface area contributed by atoms with Gasteiger partial charge in [-0.15, -0.1) is 0 Å². The highest BCUT2D eigenvalue weighted by Crippen LogP contribution is 2.47. The number of methoxy groups -OCH3 is 2. The van der Waals surface area contributed by atoms with E-state index in [1.165, 1.54) is 7.11 Å². The van der Waals surface area contributed by atoms with Crippen molar-refractivity contribution < 1.29 is 75.9 Å². The Kier molecular flexibility index (Phi) is 16.9. The molecule has 6 heterocycles. The van der Waals surface area contributed by atoms with E-state index >= 15 is 0 Å². The number of carbonyl (C=O) groups is 1. The van der Waals surface area contributed by atoms with E-state index in [0.717, 1.165) is 12.0 Å². The zero-order valence-electron chi connectivity index (χ0n) is 40.9. The second kappa shape index (κ2) is 21.6. The molecule has 1 spiro atoms. The van der Waals surface area contributed by atoms with E-state index in [4.69, 9.17) is 47.4 Å². The first-order valence-electron chi connectivity index (χ1n) is 24.3. The van der Waals surface area contributed by atoms with E-state index in [1.54, 1.807) is 33.1 Å². The van der Waals surface area contributed by atoms with E-state index in [1.807, 2.05) is 39.0 Å². The summed E-state index contributed by atoms with van der Waals surface area (Å²) >= 11 is 0. The molecule has 16 nitrogen and oxygen atoms in total. The van der Waals surface area contributed by atoms with Gasteiger partial charge in [0.15, 0.2) is 28.2 Å². The van der Waals surface area contributed by atoms with Crippen molar-refractivity contribution in [1.29, 1.82) is 0 Å². The van der Waals surface area contributed by atoms with Crippen LogP contribution in [0.4, 0.5) is 0 Å². The van der Waals surface area contributed by atoms with Gasteiger partial charge in [0, 0.05) is 51.7 Å². The molecule has 0 aromatic heterocycles. The summed E-state index contributed by atoms with van der Waals surface area (Å²) in [7, 11) is -0.647. The minimum atomic E-state index is -3.71. The second-order valence-corrected chi connectivity index (χ2v) is 22.3. The van der Waals surface area contributed by atoms with E-state index in [2.05, 4.69) is 32.9 Å². The SMILES string of the molecule is CCC(C)[C@H]1O[C@]2(C=C[C@@H]1C)C[C@@H]1C[C@@H](C/C=C(\C)[C@@H](O[C@H]3C[C@H](OC)[C@@H](O[C@H]4C[C@H](OC)[C@H](S(=O)(=O)CCO)[C@H](C)O4)[C@H](C)O3)[C@@H](C)/C=C/C=C3\CO[C@@H]4[C@H](O)C(C)=C[C@@H](C(=O)O1)[C@]34O)O2. The largest absolute Gasteiger partial charge is 0.462 e. The molecule has 7 rings (SSSR count). The Labute approximate surface area is 396 Å². The molecule has 67 heavy (non-hydrogen) atoms. The van der Waals surface area contributed by atoms with Gasteiger partial charge in [-0.05, 0) is 62.8 Å². The number of ether oxygens (including phenoxy) is 10. The number of aliphatic hydroxyl groups is 3.